The van der Waals surface area contributed by atoms with Crippen LogP contribution in [0.3, 0.4) is 0 Å². The Morgan fingerprint density at radius 3 is 2.84 bits per heavy atom. The van der Waals surface area contributed by atoms with Gasteiger partial charge in [-0.3, -0.25) is 4.79 Å². The fourth-order valence-electron chi connectivity index (χ4n) is 4.32. The van der Waals surface area contributed by atoms with Gasteiger partial charge in [-0.15, -0.1) is 0 Å². The van der Waals surface area contributed by atoms with E-state index >= 15 is 0 Å². The summed E-state index contributed by atoms with van der Waals surface area (Å²) in [6.45, 7) is 3.22. The van der Waals surface area contributed by atoms with E-state index in [1.807, 2.05) is 18.2 Å². The van der Waals surface area contributed by atoms with Crippen LogP contribution in [0.5, 0.6) is 5.88 Å². The largest absolute Gasteiger partial charge is 0.478 e. The predicted molar refractivity (Wildman–Crippen MR) is 94.3 cm³/mol. The van der Waals surface area contributed by atoms with E-state index in [-0.39, 0.29) is 5.60 Å². The number of amides is 1. The quantitative estimate of drug-likeness (QED) is 0.796. The first-order valence-corrected chi connectivity index (χ1v) is 9.71. The predicted octanol–water partition coefficient (Wildman–Crippen LogP) is 3.05. The molecule has 3 aliphatic rings. The fourth-order valence-corrected chi connectivity index (χ4v) is 4.32. The Hall–Kier alpha value is -1.62. The van der Waals surface area contributed by atoms with Crippen molar-refractivity contribution in [3.8, 4) is 5.88 Å². The number of likely N-dealkylation sites (tertiary alicyclic amines) is 1. The third-order valence-electron chi connectivity index (χ3n) is 6.08. The summed E-state index contributed by atoms with van der Waals surface area (Å²) < 4.78 is 12.0. The van der Waals surface area contributed by atoms with Gasteiger partial charge in [0.15, 0.2) is 0 Å². The van der Waals surface area contributed by atoms with Crippen LogP contribution in [0.2, 0.25) is 0 Å². The number of ether oxygens (including phenoxy) is 2. The van der Waals surface area contributed by atoms with Crippen molar-refractivity contribution in [1.82, 2.24) is 9.88 Å². The highest BCUT2D eigenvalue weighted by Crippen LogP contribution is 2.43. The summed E-state index contributed by atoms with van der Waals surface area (Å²) in [5, 5.41) is 0. The SMILES string of the molecule is O=C(CC1CC1)N1CCC2(CC1)OCC[C@@H]2CCOc1ccccn1. The van der Waals surface area contributed by atoms with Crippen LogP contribution in [0, 0.1) is 11.8 Å². The van der Waals surface area contributed by atoms with E-state index in [0.29, 0.717) is 30.2 Å². The summed E-state index contributed by atoms with van der Waals surface area (Å²) in [7, 11) is 0. The summed E-state index contributed by atoms with van der Waals surface area (Å²) in [5.41, 5.74) is -0.0379. The number of pyridine rings is 1. The minimum atomic E-state index is -0.0379. The molecule has 3 fully saturated rings. The van der Waals surface area contributed by atoms with Gasteiger partial charge in [0, 0.05) is 38.4 Å². The Balaban J connectivity index is 1.26. The molecule has 3 heterocycles. The lowest BCUT2D eigenvalue weighted by molar-refractivity contribution is -0.138. The first-order valence-electron chi connectivity index (χ1n) is 9.71. The minimum Gasteiger partial charge on any atom is -0.478 e. The van der Waals surface area contributed by atoms with Gasteiger partial charge in [0.05, 0.1) is 12.2 Å². The van der Waals surface area contributed by atoms with E-state index in [1.165, 1.54) is 12.8 Å². The molecule has 2 aliphatic heterocycles. The molecule has 1 amide bonds. The highest BCUT2D eigenvalue weighted by atomic mass is 16.5. The molecule has 1 aromatic rings. The first kappa shape index (κ1) is 16.8. The van der Waals surface area contributed by atoms with Gasteiger partial charge in [-0.25, -0.2) is 4.98 Å². The summed E-state index contributed by atoms with van der Waals surface area (Å²) in [5.74, 6) is 2.24. The summed E-state index contributed by atoms with van der Waals surface area (Å²) >= 11 is 0. The Labute approximate surface area is 149 Å². The second-order valence-corrected chi connectivity index (χ2v) is 7.73. The smallest absolute Gasteiger partial charge is 0.222 e. The van der Waals surface area contributed by atoms with Gasteiger partial charge >= 0.3 is 0 Å². The van der Waals surface area contributed by atoms with E-state index in [0.717, 1.165) is 51.8 Å². The monoisotopic (exact) mass is 344 g/mol. The maximum atomic E-state index is 12.3. The molecule has 5 heteroatoms. The Morgan fingerprint density at radius 2 is 2.12 bits per heavy atom. The van der Waals surface area contributed by atoms with Crippen LogP contribution in [-0.4, -0.2) is 47.7 Å². The van der Waals surface area contributed by atoms with E-state index in [1.54, 1.807) is 6.20 Å². The molecule has 4 rings (SSSR count). The Kier molecular flexibility index (Phi) is 4.93. The van der Waals surface area contributed by atoms with Crippen LogP contribution < -0.4 is 4.74 Å². The fraction of sp³-hybridized carbons (Fsp3) is 0.700. The van der Waals surface area contributed by atoms with Crippen LogP contribution in [0.25, 0.3) is 0 Å². The molecule has 5 nitrogen and oxygen atoms in total. The number of nitrogens with zero attached hydrogens (tertiary/aromatic N) is 2. The van der Waals surface area contributed by atoms with Gasteiger partial charge in [-0.2, -0.15) is 0 Å². The second kappa shape index (κ2) is 7.32. The number of carbonyl (C=O) groups excluding carboxylic acids is 1. The lowest BCUT2D eigenvalue weighted by Gasteiger charge is -2.42. The van der Waals surface area contributed by atoms with Crippen molar-refractivity contribution >= 4 is 5.91 Å². The zero-order valence-corrected chi connectivity index (χ0v) is 14.9. The number of rotatable bonds is 6. The van der Waals surface area contributed by atoms with Gasteiger partial charge in [0.25, 0.3) is 0 Å². The molecule has 0 N–H and O–H groups in total. The molecule has 136 valence electrons. The molecule has 0 unspecified atom stereocenters. The van der Waals surface area contributed by atoms with Crippen LogP contribution in [0.1, 0.15) is 44.9 Å². The molecule has 0 bridgehead atoms. The molecule has 2 saturated heterocycles. The number of piperidine rings is 1. The van der Waals surface area contributed by atoms with Gasteiger partial charge in [-0.05, 0) is 56.4 Å². The van der Waals surface area contributed by atoms with Crippen molar-refractivity contribution < 1.29 is 14.3 Å². The average molecular weight is 344 g/mol. The van der Waals surface area contributed by atoms with Crippen molar-refractivity contribution in [3.63, 3.8) is 0 Å². The van der Waals surface area contributed by atoms with Crippen molar-refractivity contribution in [2.75, 3.05) is 26.3 Å². The average Bonchev–Trinajstić information content (AvgIpc) is 3.38. The molecule has 0 aromatic carbocycles. The zero-order valence-electron chi connectivity index (χ0n) is 14.9. The Bertz CT molecular complexity index is 580. The van der Waals surface area contributed by atoms with Crippen LogP contribution in [-0.2, 0) is 9.53 Å². The molecular formula is C20H28N2O3. The molecule has 1 saturated carbocycles. The molecule has 1 atom stereocenters. The van der Waals surface area contributed by atoms with Crippen LogP contribution in [0.15, 0.2) is 24.4 Å². The third kappa shape index (κ3) is 3.97. The molecule has 1 spiro atoms. The maximum Gasteiger partial charge on any atom is 0.222 e. The molecular weight excluding hydrogens is 316 g/mol. The number of hydrogen-bond donors (Lipinski definition) is 0. The number of hydrogen-bond acceptors (Lipinski definition) is 4. The van der Waals surface area contributed by atoms with Crippen molar-refractivity contribution in [1.29, 1.82) is 0 Å². The van der Waals surface area contributed by atoms with Crippen LogP contribution >= 0.6 is 0 Å². The molecule has 1 aromatic heterocycles. The van der Waals surface area contributed by atoms with Crippen molar-refractivity contribution in [2.24, 2.45) is 11.8 Å². The minimum absolute atomic E-state index is 0.0379. The molecule has 0 radical (unpaired) electrons. The van der Waals surface area contributed by atoms with E-state index in [9.17, 15) is 4.79 Å². The zero-order chi connectivity index (χ0) is 17.1. The molecule has 25 heavy (non-hydrogen) atoms. The van der Waals surface area contributed by atoms with E-state index in [2.05, 4.69) is 9.88 Å². The van der Waals surface area contributed by atoms with Crippen molar-refractivity contribution in [2.45, 2.75) is 50.5 Å². The second-order valence-electron chi connectivity index (χ2n) is 7.73. The van der Waals surface area contributed by atoms with Crippen LogP contribution in [0.4, 0.5) is 0 Å². The normalized spacial score (nSPS) is 25.3. The summed E-state index contributed by atoms with van der Waals surface area (Å²) in [6, 6.07) is 5.73. The molecule has 1 aliphatic carbocycles. The highest BCUT2D eigenvalue weighted by Gasteiger charge is 2.46. The lowest BCUT2D eigenvalue weighted by atomic mass is 9.78. The topological polar surface area (TPSA) is 51.7 Å². The van der Waals surface area contributed by atoms with E-state index < -0.39 is 0 Å². The number of aromatic nitrogens is 1. The third-order valence-corrected chi connectivity index (χ3v) is 6.08. The van der Waals surface area contributed by atoms with Gasteiger partial charge in [0.2, 0.25) is 11.8 Å². The summed E-state index contributed by atoms with van der Waals surface area (Å²) in [6.07, 6.45) is 9.03. The van der Waals surface area contributed by atoms with Gasteiger partial charge in [-0.1, -0.05) is 6.07 Å². The standard InChI is InChI=1S/C20H28N2O3/c23-19(15-16-4-5-16)22-11-8-20(9-12-22)17(7-14-25-20)6-13-24-18-3-1-2-10-21-18/h1-3,10,16-17H,4-9,11-15H2/t17-/m0/s1. The summed E-state index contributed by atoms with van der Waals surface area (Å²) in [4.78, 5) is 18.6. The Morgan fingerprint density at radius 1 is 1.28 bits per heavy atom. The first-order chi connectivity index (χ1) is 12.3. The van der Waals surface area contributed by atoms with Crippen molar-refractivity contribution in [3.05, 3.63) is 24.4 Å². The van der Waals surface area contributed by atoms with Gasteiger partial charge < -0.3 is 14.4 Å². The lowest BCUT2D eigenvalue weighted by Crippen LogP contribution is -2.49. The number of carbonyl (C=O) groups is 1. The maximum absolute atomic E-state index is 12.3. The van der Waals surface area contributed by atoms with E-state index in [4.69, 9.17) is 9.47 Å². The highest BCUT2D eigenvalue weighted by molar-refractivity contribution is 5.76. The van der Waals surface area contributed by atoms with Gasteiger partial charge in [0.1, 0.15) is 0 Å².